The van der Waals surface area contributed by atoms with Crippen LogP contribution in [0.15, 0.2) is 22.0 Å². The number of rotatable bonds is 4. The number of hydrogen-bond acceptors (Lipinski definition) is 3. The molecule has 7 heteroatoms. The van der Waals surface area contributed by atoms with E-state index in [2.05, 4.69) is 4.98 Å². The van der Waals surface area contributed by atoms with E-state index < -0.39 is 15.6 Å². The Morgan fingerprint density at radius 2 is 2.14 bits per heavy atom. The van der Waals surface area contributed by atoms with Crippen LogP contribution in [0.1, 0.15) is 25.7 Å². The molecular formula is C14H19ClN2O3S. The second-order valence-electron chi connectivity index (χ2n) is 6.23. The highest BCUT2D eigenvalue weighted by Crippen LogP contribution is 2.48. The zero-order valence-electron chi connectivity index (χ0n) is 11.9. The average Bonchev–Trinajstić information content (AvgIpc) is 3.04. The summed E-state index contributed by atoms with van der Waals surface area (Å²) < 4.78 is 26.5. The van der Waals surface area contributed by atoms with E-state index in [9.17, 15) is 13.2 Å². The van der Waals surface area contributed by atoms with Crippen LogP contribution in [-0.2, 0) is 10.0 Å². The molecule has 0 radical (unpaired) electrons. The first kappa shape index (κ1) is 15.1. The smallest absolute Gasteiger partial charge is 0.266 e. The molecule has 1 heterocycles. The van der Waals surface area contributed by atoms with Gasteiger partial charge < -0.3 is 4.98 Å². The van der Waals surface area contributed by atoms with E-state index in [1.807, 2.05) is 0 Å². The van der Waals surface area contributed by atoms with Crippen molar-refractivity contribution < 1.29 is 8.42 Å². The van der Waals surface area contributed by atoms with Gasteiger partial charge in [-0.1, -0.05) is 18.0 Å². The molecule has 2 bridgehead atoms. The summed E-state index contributed by atoms with van der Waals surface area (Å²) in [6.07, 6.45) is 6.13. The van der Waals surface area contributed by atoms with Crippen LogP contribution in [0.2, 0.25) is 5.02 Å². The molecule has 2 aliphatic carbocycles. The number of nitrogens with zero attached hydrogens (tertiary/aromatic N) is 1. The maximum Gasteiger partial charge on any atom is 0.266 e. The Morgan fingerprint density at radius 3 is 2.71 bits per heavy atom. The van der Waals surface area contributed by atoms with Crippen molar-refractivity contribution in [3.8, 4) is 0 Å². The van der Waals surface area contributed by atoms with Gasteiger partial charge >= 0.3 is 0 Å². The van der Waals surface area contributed by atoms with Gasteiger partial charge in [-0.2, -0.15) is 0 Å². The van der Waals surface area contributed by atoms with Crippen LogP contribution in [0, 0.1) is 17.8 Å². The molecule has 3 unspecified atom stereocenters. The zero-order chi connectivity index (χ0) is 15.2. The molecule has 0 aromatic carbocycles. The number of hydrogen-bond donors (Lipinski definition) is 1. The van der Waals surface area contributed by atoms with Crippen molar-refractivity contribution in [2.45, 2.75) is 30.6 Å². The van der Waals surface area contributed by atoms with E-state index in [1.165, 1.54) is 35.8 Å². The lowest BCUT2D eigenvalue weighted by Crippen LogP contribution is -2.34. The van der Waals surface area contributed by atoms with Gasteiger partial charge in [-0.3, -0.25) is 4.79 Å². The molecule has 1 N–H and O–H groups in total. The third-order valence-electron chi connectivity index (χ3n) is 4.92. The van der Waals surface area contributed by atoms with Gasteiger partial charge in [-0.05, 0) is 43.1 Å². The maximum atomic E-state index is 12.5. The van der Waals surface area contributed by atoms with E-state index in [0.717, 1.165) is 12.3 Å². The van der Waals surface area contributed by atoms with Crippen LogP contribution < -0.4 is 5.56 Å². The van der Waals surface area contributed by atoms with Gasteiger partial charge in [0.15, 0.2) is 0 Å². The van der Waals surface area contributed by atoms with Crippen LogP contribution in [0.4, 0.5) is 0 Å². The van der Waals surface area contributed by atoms with E-state index in [0.29, 0.717) is 18.4 Å². The van der Waals surface area contributed by atoms with Crippen molar-refractivity contribution in [3.63, 3.8) is 0 Å². The topological polar surface area (TPSA) is 70.2 Å². The Labute approximate surface area is 129 Å². The lowest BCUT2D eigenvalue weighted by atomic mass is 9.89. The van der Waals surface area contributed by atoms with Crippen molar-refractivity contribution in [2.24, 2.45) is 17.8 Å². The Bertz CT molecular complexity index is 700. The lowest BCUT2D eigenvalue weighted by molar-refractivity contribution is 0.280. The molecular weight excluding hydrogens is 312 g/mol. The molecule has 3 rings (SSSR count). The molecule has 1 aromatic heterocycles. The molecule has 5 nitrogen and oxygen atoms in total. The fourth-order valence-corrected chi connectivity index (χ4v) is 5.25. The van der Waals surface area contributed by atoms with E-state index in [-0.39, 0.29) is 9.92 Å². The number of H-pyrrole nitrogens is 1. The Morgan fingerprint density at radius 1 is 1.38 bits per heavy atom. The predicted octanol–water partition coefficient (Wildman–Crippen LogP) is 2.08. The highest BCUT2D eigenvalue weighted by molar-refractivity contribution is 7.89. The molecule has 1 aromatic rings. The van der Waals surface area contributed by atoms with Gasteiger partial charge in [-0.25, -0.2) is 12.7 Å². The van der Waals surface area contributed by atoms with Crippen molar-refractivity contribution in [1.82, 2.24) is 9.29 Å². The van der Waals surface area contributed by atoms with Gasteiger partial charge in [-0.15, -0.1) is 0 Å². The first-order valence-electron chi connectivity index (χ1n) is 7.22. The number of pyridine rings is 1. The van der Waals surface area contributed by atoms with Crippen LogP contribution >= 0.6 is 11.6 Å². The number of sulfonamides is 1. The van der Waals surface area contributed by atoms with Gasteiger partial charge in [0, 0.05) is 19.8 Å². The molecule has 2 saturated carbocycles. The fraction of sp³-hybridized carbons (Fsp3) is 0.643. The van der Waals surface area contributed by atoms with E-state index in [1.54, 1.807) is 7.05 Å². The van der Waals surface area contributed by atoms with Crippen molar-refractivity contribution in [1.29, 1.82) is 0 Å². The molecule has 0 saturated heterocycles. The summed E-state index contributed by atoms with van der Waals surface area (Å²) in [4.78, 5) is 13.6. The molecule has 0 aliphatic heterocycles. The molecule has 2 fully saturated rings. The van der Waals surface area contributed by atoms with E-state index >= 15 is 0 Å². The second-order valence-corrected chi connectivity index (χ2v) is 8.69. The van der Waals surface area contributed by atoms with Crippen LogP contribution in [0.5, 0.6) is 0 Å². The van der Waals surface area contributed by atoms with Gasteiger partial charge in [0.25, 0.3) is 5.56 Å². The standard InChI is InChI=1S/C14H19ClN2O3S/c1-17(8-11-5-9-2-3-10(11)4-9)21(19,20)12-6-13(15)14(18)16-7-12/h6-7,9-11H,2-5,8H2,1H3,(H,16,18). The zero-order valence-corrected chi connectivity index (χ0v) is 13.5. The molecule has 0 amide bonds. The fourth-order valence-electron chi connectivity index (χ4n) is 3.80. The first-order chi connectivity index (χ1) is 9.88. The molecule has 0 spiro atoms. The first-order valence-corrected chi connectivity index (χ1v) is 9.04. The molecule has 21 heavy (non-hydrogen) atoms. The van der Waals surface area contributed by atoms with Crippen molar-refractivity contribution in [2.75, 3.05) is 13.6 Å². The quantitative estimate of drug-likeness (QED) is 0.919. The number of aromatic amines is 1. The number of nitrogens with one attached hydrogen (secondary N) is 1. The Kier molecular flexibility index (Phi) is 3.88. The highest BCUT2D eigenvalue weighted by Gasteiger charge is 2.40. The summed E-state index contributed by atoms with van der Waals surface area (Å²) in [5.74, 6) is 1.92. The van der Waals surface area contributed by atoms with Crippen LogP contribution in [0.3, 0.4) is 0 Å². The monoisotopic (exact) mass is 330 g/mol. The largest absolute Gasteiger partial charge is 0.326 e. The minimum absolute atomic E-state index is 0.0396. The summed E-state index contributed by atoms with van der Waals surface area (Å²) in [5.41, 5.74) is -0.480. The van der Waals surface area contributed by atoms with Crippen molar-refractivity contribution >= 4 is 21.6 Å². The maximum absolute atomic E-state index is 12.5. The van der Waals surface area contributed by atoms with Crippen LogP contribution in [-0.4, -0.2) is 31.3 Å². The van der Waals surface area contributed by atoms with Crippen molar-refractivity contribution in [3.05, 3.63) is 27.6 Å². The Balaban J connectivity index is 1.77. The summed E-state index contributed by atoms with van der Waals surface area (Å²) in [6, 6.07) is 1.22. The Hall–Kier alpha value is -0.850. The van der Waals surface area contributed by atoms with Gasteiger partial charge in [0.1, 0.15) is 5.02 Å². The number of aromatic nitrogens is 1. The van der Waals surface area contributed by atoms with Gasteiger partial charge in [0.2, 0.25) is 10.0 Å². The SMILES string of the molecule is CN(CC1CC2CCC1C2)S(=O)(=O)c1c[nH]c(=O)c(Cl)c1. The summed E-state index contributed by atoms with van der Waals surface area (Å²) >= 11 is 5.72. The number of fused-ring (bicyclic) bond motifs is 2. The third kappa shape index (κ3) is 2.76. The molecule has 3 atom stereocenters. The summed E-state index contributed by atoms with van der Waals surface area (Å²) in [6.45, 7) is 0.542. The molecule has 2 aliphatic rings. The third-order valence-corrected chi connectivity index (χ3v) is 7.00. The lowest BCUT2D eigenvalue weighted by Gasteiger charge is -2.26. The average molecular weight is 331 g/mol. The minimum atomic E-state index is -3.60. The normalized spacial score (nSPS) is 28.4. The minimum Gasteiger partial charge on any atom is -0.326 e. The molecule has 116 valence electrons. The van der Waals surface area contributed by atoms with Gasteiger partial charge in [0.05, 0.1) is 4.90 Å². The highest BCUT2D eigenvalue weighted by atomic mass is 35.5. The number of halogens is 1. The van der Waals surface area contributed by atoms with Crippen LogP contribution in [0.25, 0.3) is 0 Å². The predicted molar refractivity (Wildman–Crippen MR) is 80.8 cm³/mol. The van der Waals surface area contributed by atoms with E-state index in [4.69, 9.17) is 11.6 Å². The summed E-state index contributed by atoms with van der Waals surface area (Å²) in [7, 11) is -2.01. The summed E-state index contributed by atoms with van der Waals surface area (Å²) in [5, 5.41) is -0.107. The second kappa shape index (κ2) is 5.41.